The van der Waals surface area contributed by atoms with Crippen LogP contribution in [0.1, 0.15) is 104 Å². The van der Waals surface area contributed by atoms with Crippen LogP contribution in [0.3, 0.4) is 0 Å². The lowest BCUT2D eigenvalue weighted by molar-refractivity contribution is 0.479. The number of hydrogen-bond acceptors (Lipinski definition) is 2. The minimum Gasteiger partial charge on any atom is -0.314 e. The number of hydrogen-bond donors (Lipinski definition) is 0. The fourth-order valence-electron chi connectivity index (χ4n) is 11.8. The molecule has 2 heteroatoms. The molecule has 342 valence electrons. The molecule has 0 fully saturated rings. The molecular weight excluding hydrogens is 833 g/mol. The number of anilines is 5. The van der Waals surface area contributed by atoms with Crippen LogP contribution < -0.4 is 9.80 Å². The Balaban J connectivity index is 1.25. The van der Waals surface area contributed by atoms with E-state index in [0.717, 1.165) is 29.9 Å². The summed E-state index contributed by atoms with van der Waals surface area (Å²) in [6, 6.07) is 64.9. The topological polar surface area (TPSA) is 6.48 Å². The third-order valence-electron chi connectivity index (χ3n) is 15.5. The van der Waals surface area contributed by atoms with Gasteiger partial charge in [-0.3, -0.25) is 0 Å². The highest BCUT2D eigenvalue weighted by Gasteiger charge is 2.53. The van der Waals surface area contributed by atoms with E-state index in [-0.39, 0.29) is 10.8 Å². The second-order valence-electron chi connectivity index (χ2n) is 21.9. The molecule has 11 rings (SSSR count). The number of aryl methyl sites for hydroxylation is 3. The Kier molecular flexibility index (Phi) is 10.6. The van der Waals surface area contributed by atoms with Crippen molar-refractivity contribution in [1.82, 2.24) is 0 Å². The summed E-state index contributed by atoms with van der Waals surface area (Å²) in [5.41, 5.74) is 27.7. The van der Waals surface area contributed by atoms with Gasteiger partial charge in [-0.15, -0.1) is 0 Å². The Bertz CT molecular complexity index is 3320. The van der Waals surface area contributed by atoms with Crippen molar-refractivity contribution >= 4 is 28.4 Å². The fraction of sp³-hybridized carbons (Fsp3) is 0.224. The molecule has 1 spiro atoms. The Labute approximate surface area is 411 Å². The van der Waals surface area contributed by atoms with Gasteiger partial charge in [-0.25, -0.2) is 0 Å². The predicted octanol–water partition coefficient (Wildman–Crippen LogP) is 18.5. The first-order chi connectivity index (χ1) is 33.1. The highest BCUT2D eigenvalue weighted by Crippen LogP contribution is 2.66. The van der Waals surface area contributed by atoms with Crippen LogP contribution in [0.25, 0.3) is 33.4 Å². The average Bonchev–Trinajstić information content (AvgIpc) is 3.80. The molecule has 0 bridgehead atoms. The summed E-state index contributed by atoms with van der Waals surface area (Å²) in [6.45, 7) is 23.0. The van der Waals surface area contributed by atoms with E-state index in [9.17, 15) is 0 Å². The summed E-state index contributed by atoms with van der Waals surface area (Å²) in [5.74, 6) is 0. The lowest BCUT2D eigenvalue weighted by atomic mass is 9.70. The summed E-state index contributed by atoms with van der Waals surface area (Å²) < 4.78 is 0. The van der Waals surface area contributed by atoms with Crippen LogP contribution in [-0.4, -0.2) is 0 Å². The van der Waals surface area contributed by atoms with Crippen molar-refractivity contribution < 1.29 is 0 Å². The zero-order chi connectivity index (χ0) is 48.0. The Hall–Kier alpha value is -7.16. The van der Waals surface area contributed by atoms with Gasteiger partial charge in [0.25, 0.3) is 0 Å². The standard InChI is InChI=1S/C67H64N2/c1-43-23-31-49(32-24-43)68(50-35-27-47(28-36-50)65(5,6)7)53-39-40-57-60(41-53)67(58-21-15-13-19-55(58)56-20-14-16-22-59(56)67)61-42-62(64(46(4)63(57)61)54-18-12-11-17-45(54)3)69(51-33-25-44(2)26-34-51)52-37-29-48(30-38-52)66(8,9)10/h11-29,31-37,39-42H,30,38H2,1-10H3. The van der Waals surface area contributed by atoms with Crippen molar-refractivity contribution in [2.75, 3.05) is 9.80 Å². The molecule has 3 aliphatic rings. The maximum atomic E-state index is 2.62. The van der Waals surface area contributed by atoms with Gasteiger partial charge in [-0.1, -0.05) is 180 Å². The Morgan fingerprint density at radius 2 is 0.928 bits per heavy atom. The van der Waals surface area contributed by atoms with Gasteiger partial charge in [0.2, 0.25) is 0 Å². The molecule has 0 saturated heterocycles. The van der Waals surface area contributed by atoms with E-state index in [2.05, 4.69) is 261 Å². The summed E-state index contributed by atoms with van der Waals surface area (Å²) in [4.78, 5) is 5.07. The van der Waals surface area contributed by atoms with Gasteiger partial charge in [-0.05, 0) is 179 Å². The molecule has 0 unspecified atom stereocenters. The van der Waals surface area contributed by atoms with Crippen molar-refractivity contribution in [3.8, 4) is 33.4 Å². The molecule has 8 aromatic carbocycles. The average molecular weight is 897 g/mol. The molecule has 0 aromatic heterocycles. The van der Waals surface area contributed by atoms with Crippen LogP contribution >= 0.6 is 0 Å². The first-order valence-corrected chi connectivity index (χ1v) is 25.0. The van der Waals surface area contributed by atoms with E-state index in [1.165, 1.54) is 106 Å². The molecular formula is C67H64N2. The van der Waals surface area contributed by atoms with Gasteiger partial charge in [0.05, 0.1) is 11.1 Å². The molecule has 2 nitrogen and oxygen atoms in total. The van der Waals surface area contributed by atoms with Crippen LogP contribution in [-0.2, 0) is 10.8 Å². The van der Waals surface area contributed by atoms with Crippen LogP contribution in [0.2, 0.25) is 0 Å². The Morgan fingerprint density at radius 3 is 1.46 bits per heavy atom. The minimum atomic E-state index is -0.591. The zero-order valence-electron chi connectivity index (χ0n) is 42.1. The van der Waals surface area contributed by atoms with Crippen molar-refractivity contribution in [3.63, 3.8) is 0 Å². The van der Waals surface area contributed by atoms with Gasteiger partial charge >= 0.3 is 0 Å². The van der Waals surface area contributed by atoms with Crippen LogP contribution in [0.4, 0.5) is 28.4 Å². The molecule has 69 heavy (non-hydrogen) atoms. The Morgan fingerprint density at radius 1 is 0.406 bits per heavy atom. The van der Waals surface area contributed by atoms with Crippen molar-refractivity contribution in [1.29, 1.82) is 0 Å². The number of allylic oxidation sites excluding steroid dienone is 4. The van der Waals surface area contributed by atoms with Crippen molar-refractivity contribution in [2.45, 2.75) is 92.9 Å². The molecule has 0 radical (unpaired) electrons. The quantitative estimate of drug-likeness (QED) is 0.157. The van der Waals surface area contributed by atoms with E-state index in [1.54, 1.807) is 0 Å². The summed E-state index contributed by atoms with van der Waals surface area (Å²) in [5, 5.41) is 0. The molecule has 0 saturated carbocycles. The van der Waals surface area contributed by atoms with Crippen LogP contribution in [0.15, 0.2) is 193 Å². The summed E-state index contributed by atoms with van der Waals surface area (Å²) in [6.07, 6.45) is 6.80. The van der Waals surface area contributed by atoms with E-state index in [4.69, 9.17) is 0 Å². The summed E-state index contributed by atoms with van der Waals surface area (Å²) in [7, 11) is 0. The van der Waals surface area contributed by atoms with Crippen molar-refractivity contribution in [3.05, 3.63) is 243 Å². The minimum absolute atomic E-state index is 0.0463. The molecule has 3 aliphatic carbocycles. The van der Waals surface area contributed by atoms with Gasteiger partial charge in [0, 0.05) is 34.0 Å². The second-order valence-corrected chi connectivity index (χ2v) is 21.9. The van der Waals surface area contributed by atoms with Crippen LogP contribution in [0.5, 0.6) is 0 Å². The predicted molar refractivity (Wildman–Crippen MR) is 294 cm³/mol. The maximum absolute atomic E-state index is 2.62. The second kappa shape index (κ2) is 16.5. The highest BCUT2D eigenvalue weighted by molar-refractivity contribution is 6.02. The summed E-state index contributed by atoms with van der Waals surface area (Å²) >= 11 is 0. The maximum Gasteiger partial charge on any atom is 0.0727 e. The number of benzene rings is 8. The first-order valence-electron chi connectivity index (χ1n) is 25.0. The van der Waals surface area contributed by atoms with Gasteiger partial charge in [-0.2, -0.15) is 0 Å². The zero-order valence-corrected chi connectivity index (χ0v) is 42.1. The van der Waals surface area contributed by atoms with Gasteiger partial charge < -0.3 is 9.80 Å². The monoisotopic (exact) mass is 897 g/mol. The van der Waals surface area contributed by atoms with Gasteiger partial charge in [0.1, 0.15) is 0 Å². The SMILES string of the molecule is Cc1ccc(N(C2=CC=C(C(C)(C)C)CC2)c2cc3c(c(C)c2-c2ccccc2C)-c2ccc(N(c4ccc(C)cc4)c4ccc(C(C)(C)C)cc4)cc2C32c3ccccc3-c3ccccc32)cc1. The van der Waals surface area contributed by atoms with Gasteiger partial charge in [0.15, 0.2) is 0 Å². The molecule has 0 amide bonds. The lowest BCUT2D eigenvalue weighted by Crippen LogP contribution is -2.27. The normalized spacial score (nSPS) is 14.4. The van der Waals surface area contributed by atoms with E-state index < -0.39 is 5.41 Å². The molecule has 0 atom stereocenters. The van der Waals surface area contributed by atoms with Crippen molar-refractivity contribution in [2.24, 2.45) is 5.41 Å². The number of nitrogens with zero attached hydrogens (tertiary/aromatic N) is 2. The molecule has 8 aromatic rings. The third kappa shape index (κ3) is 7.22. The smallest absolute Gasteiger partial charge is 0.0727 e. The van der Waals surface area contributed by atoms with E-state index >= 15 is 0 Å². The third-order valence-corrected chi connectivity index (χ3v) is 15.5. The largest absolute Gasteiger partial charge is 0.314 e. The molecule has 0 aliphatic heterocycles. The van der Waals surface area contributed by atoms with E-state index in [0.29, 0.717) is 0 Å². The number of rotatable bonds is 7. The van der Waals surface area contributed by atoms with Crippen LogP contribution in [0, 0.1) is 33.1 Å². The molecule has 0 N–H and O–H groups in total. The highest BCUT2D eigenvalue weighted by atomic mass is 15.2. The fourth-order valence-corrected chi connectivity index (χ4v) is 11.8. The lowest BCUT2D eigenvalue weighted by Gasteiger charge is -2.36. The first kappa shape index (κ1) is 44.4. The number of fused-ring (bicyclic) bond motifs is 10. The molecule has 0 heterocycles. The van der Waals surface area contributed by atoms with E-state index in [1.807, 2.05) is 0 Å².